The van der Waals surface area contributed by atoms with Crippen LogP contribution >= 0.6 is 11.6 Å². The third-order valence-corrected chi connectivity index (χ3v) is 6.13. The van der Waals surface area contributed by atoms with Crippen LogP contribution in [-0.2, 0) is 11.8 Å². The highest BCUT2D eigenvalue weighted by atomic mass is 35.5. The summed E-state index contributed by atoms with van der Waals surface area (Å²) in [4.78, 5) is 52.0. The Morgan fingerprint density at radius 2 is 1.47 bits per heavy atom. The number of halogens is 1. The maximum Gasteiger partial charge on any atom is 0.295 e. The highest BCUT2D eigenvalue weighted by Gasteiger charge is 2.23. The van der Waals surface area contributed by atoms with Crippen LogP contribution in [-0.4, -0.2) is 32.7 Å². The van der Waals surface area contributed by atoms with Crippen molar-refractivity contribution in [3.63, 3.8) is 0 Å². The lowest BCUT2D eigenvalue weighted by Gasteiger charge is -2.08. The smallest absolute Gasteiger partial charge is 0.295 e. The molecule has 9 nitrogen and oxygen atoms in total. The number of nitrogens with one attached hydrogen (secondary N) is 2. The molecule has 0 saturated carbocycles. The summed E-state index contributed by atoms with van der Waals surface area (Å²) in [5.41, 5.74) is 3.37. The van der Waals surface area contributed by atoms with Crippen LogP contribution in [0.1, 0.15) is 32.8 Å². The van der Waals surface area contributed by atoms with Crippen LogP contribution in [0.15, 0.2) is 94.8 Å². The average Bonchev–Trinajstić information content (AvgIpc) is 3.14. The van der Waals surface area contributed by atoms with Crippen LogP contribution in [0.4, 0.5) is 5.69 Å². The Morgan fingerprint density at radius 1 is 0.868 bits per heavy atom. The Balaban J connectivity index is 1.64. The van der Waals surface area contributed by atoms with Crippen LogP contribution in [0.5, 0.6) is 0 Å². The van der Waals surface area contributed by atoms with Gasteiger partial charge in [0, 0.05) is 23.2 Å². The number of carbonyl (C=O) groups is 3. The van der Waals surface area contributed by atoms with Gasteiger partial charge in [0.05, 0.1) is 17.8 Å². The van der Waals surface area contributed by atoms with Crippen LogP contribution in [0.25, 0.3) is 5.69 Å². The van der Waals surface area contributed by atoms with Crippen molar-refractivity contribution >= 4 is 40.6 Å². The summed E-state index contributed by atoms with van der Waals surface area (Å²) in [7, 11) is 1.69. The minimum absolute atomic E-state index is 0.0300. The van der Waals surface area contributed by atoms with E-state index in [-0.39, 0.29) is 11.4 Å². The van der Waals surface area contributed by atoms with Crippen molar-refractivity contribution in [1.82, 2.24) is 14.8 Å². The molecule has 0 aliphatic carbocycles. The molecule has 0 aliphatic rings. The van der Waals surface area contributed by atoms with Gasteiger partial charge in [-0.3, -0.25) is 23.9 Å². The molecule has 4 aromatic rings. The van der Waals surface area contributed by atoms with Crippen LogP contribution < -0.4 is 16.3 Å². The van der Waals surface area contributed by atoms with Crippen LogP contribution in [0, 0.1) is 6.92 Å². The highest BCUT2D eigenvalue weighted by Crippen LogP contribution is 2.15. The Kier molecular flexibility index (Phi) is 7.98. The summed E-state index contributed by atoms with van der Waals surface area (Å²) in [5.74, 6) is -1.78. The fraction of sp³-hybridized carbons (Fsp3) is 0.107. The highest BCUT2D eigenvalue weighted by molar-refractivity contribution is 6.46. The summed E-state index contributed by atoms with van der Waals surface area (Å²) in [6, 6.07) is 23.4. The molecule has 0 unspecified atom stereocenters. The first-order valence-corrected chi connectivity index (χ1v) is 12.0. The molecule has 0 saturated heterocycles. The van der Waals surface area contributed by atoms with E-state index in [9.17, 15) is 19.2 Å². The minimum Gasteiger partial charge on any atom is -0.315 e. The predicted octanol–water partition coefficient (Wildman–Crippen LogP) is 4.14. The molecule has 0 fully saturated rings. The summed E-state index contributed by atoms with van der Waals surface area (Å²) in [5, 5.41) is 7.01. The van der Waals surface area contributed by atoms with Gasteiger partial charge in [-0.15, -0.1) is 0 Å². The van der Waals surface area contributed by atoms with E-state index in [2.05, 4.69) is 15.8 Å². The monoisotopic (exact) mass is 529 g/mol. The average molecular weight is 530 g/mol. The van der Waals surface area contributed by atoms with Gasteiger partial charge in [0.2, 0.25) is 0 Å². The first-order chi connectivity index (χ1) is 18.3. The molecule has 0 bridgehead atoms. The van der Waals surface area contributed by atoms with E-state index >= 15 is 0 Å². The second-order valence-electron chi connectivity index (χ2n) is 8.36. The lowest BCUT2D eigenvalue weighted by molar-refractivity contribution is -0.110. The number of amides is 2. The Morgan fingerprint density at radius 3 is 2.11 bits per heavy atom. The largest absolute Gasteiger partial charge is 0.315 e. The number of carbonyl (C=O) groups excluding carboxylic acids is 3. The Labute approximate surface area is 223 Å². The second-order valence-corrected chi connectivity index (χ2v) is 8.80. The zero-order valence-corrected chi connectivity index (χ0v) is 21.4. The molecular formula is C28H24ClN5O4. The molecule has 4 rings (SSSR count). The number of hydrogen-bond donors (Lipinski definition) is 2. The number of anilines is 1. The molecule has 2 N–H and O–H groups in total. The van der Waals surface area contributed by atoms with Gasteiger partial charge in [-0.1, -0.05) is 48.0 Å². The van der Waals surface area contributed by atoms with Gasteiger partial charge in [-0.05, 0) is 55.5 Å². The minimum atomic E-state index is -0.799. The van der Waals surface area contributed by atoms with Crippen LogP contribution in [0.2, 0.25) is 5.02 Å². The number of ketones is 1. The van der Waals surface area contributed by atoms with Crippen molar-refractivity contribution in [2.75, 3.05) is 5.32 Å². The molecule has 192 valence electrons. The molecule has 0 radical (unpaired) electrons. The van der Waals surface area contributed by atoms with E-state index in [0.717, 1.165) is 0 Å². The third-order valence-electron chi connectivity index (χ3n) is 5.88. The first kappa shape index (κ1) is 26.3. The van der Waals surface area contributed by atoms with Gasteiger partial charge >= 0.3 is 0 Å². The number of Topliss-reactive ketones (excluding diaryl/α,β-unsaturated/α-hetero) is 1. The number of benzene rings is 3. The molecule has 0 spiro atoms. The fourth-order valence-electron chi connectivity index (χ4n) is 3.73. The quantitative estimate of drug-likeness (QED) is 0.203. The van der Waals surface area contributed by atoms with E-state index in [1.807, 2.05) is 6.07 Å². The molecule has 0 aliphatic heterocycles. The lowest BCUT2D eigenvalue weighted by Crippen LogP contribution is -2.31. The van der Waals surface area contributed by atoms with E-state index in [4.69, 9.17) is 11.6 Å². The van der Waals surface area contributed by atoms with Crippen molar-refractivity contribution in [1.29, 1.82) is 0 Å². The lowest BCUT2D eigenvalue weighted by atomic mass is 10.1. The number of rotatable bonds is 8. The number of nitrogens with zero attached hydrogens (tertiary/aromatic N) is 3. The molecule has 1 heterocycles. The fourth-order valence-corrected chi connectivity index (χ4v) is 3.86. The van der Waals surface area contributed by atoms with Crippen molar-refractivity contribution < 1.29 is 14.4 Å². The third kappa shape index (κ3) is 5.79. The van der Waals surface area contributed by atoms with Crippen molar-refractivity contribution in [2.45, 2.75) is 13.3 Å². The van der Waals surface area contributed by atoms with E-state index in [0.29, 0.717) is 27.5 Å². The van der Waals surface area contributed by atoms with E-state index in [1.54, 1.807) is 85.4 Å². The molecule has 1 aromatic heterocycles. The Hall–Kier alpha value is -4.76. The first-order valence-electron chi connectivity index (χ1n) is 11.6. The summed E-state index contributed by atoms with van der Waals surface area (Å²) in [6.45, 7) is 1.68. The van der Waals surface area contributed by atoms with E-state index in [1.165, 1.54) is 16.8 Å². The molecule has 38 heavy (non-hydrogen) atoms. The van der Waals surface area contributed by atoms with Crippen LogP contribution in [0.3, 0.4) is 0 Å². The van der Waals surface area contributed by atoms with Crippen molar-refractivity contribution in [3.8, 4) is 5.69 Å². The SMILES string of the molecule is Cc1c(NC(=O)C(CC(=O)c2ccc(Cl)cc2)=NNC(=O)c2ccccc2)c(=O)n(-c2ccccc2)n1C. The number of para-hydroxylation sites is 1. The zero-order valence-electron chi connectivity index (χ0n) is 20.6. The number of hydrogen-bond acceptors (Lipinski definition) is 5. The maximum atomic E-state index is 13.3. The van der Waals surface area contributed by atoms with Gasteiger partial charge < -0.3 is 5.32 Å². The van der Waals surface area contributed by atoms with E-state index < -0.39 is 29.6 Å². The summed E-state index contributed by atoms with van der Waals surface area (Å²) < 4.78 is 3.03. The normalized spacial score (nSPS) is 11.2. The molecule has 10 heteroatoms. The molecule has 3 aromatic carbocycles. The molecular weight excluding hydrogens is 506 g/mol. The van der Waals surface area contributed by atoms with Gasteiger partial charge in [0.1, 0.15) is 11.4 Å². The summed E-state index contributed by atoms with van der Waals surface area (Å²) in [6.07, 6.45) is -0.429. The zero-order chi connectivity index (χ0) is 27.2. The maximum absolute atomic E-state index is 13.3. The van der Waals surface area contributed by atoms with Crippen molar-refractivity contribution in [3.05, 3.63) is 117 Å². The van der Waals surface area contributed by atoms with Gasteiger partial charge in [-0.2, -0.15) is 5.10 Å². The summed E-state index contributed by atoms with van der Waals surface area (Å²) >= 11 is 5.91. The van der Waals surface area contributed by atoms with Gasteiger partial charge in [-0.25, -0.2) is 10.1 Å². The standard InChI is InChI=1S/C28H24ClN5O4/c1-18-25(28(38)34(33(18)2)22-11-7-4-8-12-22)30-27(37)23(17-24(35)19-13-15-21(29)16-14-19)31-32-26(36)20-9-5-3-6-10-20/h3-16H,17H2,1-2H3,(H,30,37)(H,32,36). The molecule has 0 atom stereocenters. The predicted molar refractivity (Wildman–Crippen MR) is 146 cm³/mol. The van der Waals surface area contributed by atoms with Crippen molar-refractivity contribution in [2.24, 2.45) is 12.1 Å². The van der Waals surface area contributed by atoms with Gasteiger partial charge in [0.25, 0.3) is 17.4 Å². The van der Waals surface area contributed by atoms with Gasteiger partial charge in [0.15, 0.2) is 5.78 Å². The number of aromatic nitrogens is 2. The molecule has 2 amide bonds. The second kappa shape index (κ2) is 11.5. The number of hydrazone groups is 1. The Bertz CT molecular complexity index is 1570. The topological polar surface area (TPSA) is 115 Å².